The summed E-state index contributed by atoms with van der Waals surface area (Å²) >= 11 is 0. The van der Waals surface area contributed by atoms with Gasteiger partial charge in [0.05, 0.1) is 10.9 Å². The standard InChI is InChI=1S/C19H26N4O2/c1-2-10-22-11-5-12-23(14-13-22)18(24)9-8-17-20-16-7-4-3-6-15(16)19(25)21-17/h3-4,6-7H,2,5,8-14H2,1H3,(H,20,21,25). The second kappa shape index (κ2) is 8.25. The second-order valence-corrected chi connectivity index (χ2v) is 6.61. The van der Waals surface area contributed by atoms with E-state index in [1.54, 1.807) is 6.07 Å². The number of amides is 1. The van der Waals surface area contributed by atoms with E-state index in [2.05, 4.69) is 21.8 Å². The van der Waals surface area contributed by atoms with Crippen LogP contribution in [0.3, 0.4) is 0 Å². The van der Waals surface area contributed by atoms with Crippen molar-refractivity contribution in [1.29, 1.82) is 0 Å². The van der Waals surface area contributed by atoms with Gasteiger partial charge in [0, 0.05) is 32.5 Å². The first kappa shape index (κ1) is 17.6. The smallest absolute Gasteiger partial charge is 0.258 e. The zero-order chi connectivity index (χ0) is 17.6. The number of nitrogens with zero attached hydrogens (tertiary/aromatic N) is 3. The molecule has 0 spiro atoms. The van der Waals surface area contributed by atoms with Crippen molar-refractivity contribution in [3.8, 4) is 0 Å². The van der Waals surface area contributed by atoms with Crippen molar-refractivity contribution < 1.29 is 4.79 Å². The second-order valence-electron chi connectivity index (χ2n) is 6.61. The largest absolute Gasteiger partial charge is 0.341 e. The fourth-order valence-electron chi connectivity index (χ4n) is 3.40. The average Bonchev–Trinajstić information content (AvgIpc) is 2.86. The van der Waals surface area contributed by atoms with E-state index < -0.39 is 0 Å². The molecular formula is C19H26N4O2. The van der Waals surface area contributed by atoms with Crippen molar-refractivity contribution in [3.63, 3.8) is 0 Å². The van der Waals surface area contributed by atoms with Crippen molar-refractivity contribution in [2.24, 2.45) is 0 Å². The number of benzene rings is 1. The Morgan fingerprint density at radius 1 is 1.20 bits per heavy atom. The van der Waals surface area contributed by atoms with E-state index in [1.807, 2.05) is 23.1 Å². The first-order valence-electron chi connectivity index (χ1n) is 9.15. The van der Waals surface area contributed by atoms with Crippen molar-refractivity contribution in [2.45, 2.75) is 32.6 Å². The molecule has 1 aromatic heterocycles. The molecule has 6 heteroatoms. The van der Waals surface area contributed by atoms with Gasteiger partial charge in [-0.05, 0) is 38.1 Å². The Labute approximate surface area is 147 Å². The number of carbonyl (C=O) groups is 1. The lowest BCUT2D eigenvalue weighted by Crippen LogP contribution is -2.35. The predicted octanol–water partition coefficient (Wildman–Crippen LogP) is 1.80. The van der Waals surface area contributed by atoms with E-state index in [4.69, 9.17) is 0 Å². The lowest BCUT2D eigenvalue weighted by atomic mass is 10.2. The molecule has 6 nitrogen and oxygen atoms in total. The summed E-state index contributed by atoms with van der Waals surface area (Å²) in [5.74, 6) is 0.730. The summed E-state index contributed by atoms with van der Waals surface area (Å²) in [6.45, 7) is 6.92. The average molecular weight is 342 g/mol. The summed E-state index contributed by atoms with van der Waals surface area (Å²) in [6.07, 6.45) is 3.02. The Hall–Kier alpha value is -2.21. The molecule has 0 atom stereocenters. The van der Waals surface area contributed by atoms with Gasteiger partial charge in [-0.15, -0.1) is 0 Å². The van der Waals surface area contributed by atoms with Crippen LogP contribution in [-0.2, 0) is 11.2 Å². The maximum atomic E-state index is 12.5. The molecule has 0 aliphatic carbocycles. The van der Waals surface area contributed by atoms with Gasteiger partial charge in [-0.25, -0.2) is 4.98 Å². The fourth-order valence-corrected chi connectivity index (χ4v) is 3.40. The molecule has 3 rings (SSSR count). The number of aromatic amines is 1. The van der Waals surface area contributed by atoms with Gasteiger partial charge >= 0.3 is 0 Å². The summed E-state index contributed by atoms with van der Waals surface area (Å²) < 4.78 is 0. The van der Waals surface area contributed by atoms with Crippen LogP contribution < -0.4 is 5.56 Å². The number of nitrogens with one attached hydrogen (secondary N) is 1. The molecular weight excluding hydrogens is 316 g/mol. The fraction of sp³-hybridized carbons (Fsp3) is 0.526. The summed E-state index contributed by atoms with van der Waals surface area (Å²) in [4.78, 5) is 36.3. The van der Waals surface area contributed by atoms with Crippen molar-refractivity contribution in [3.05, 3.63) is 40.4 Å². The van der Waals surface area contributed by atoms with E-state index in [0.29, 0.717) is 29.6 Å². The van der Waals surface area contributed by atoms with Gasteiger partial charge in [0.25, 0.3) is 5.56 Å². The third-order valence-corrected chi connectivity index (χ3v) is 4.72. The van der Waals surface area contributed by atoms with Crippen molar-refractivity contribution in [2.75, 3.05) is 32.7 Å². The van der Waals surface area contributed by atoms with Gasteiger partial charge in [0.15, 0.2) is 0 Å². The highest BCUT2D eigenvalue weighted by atomic mass is 16.2. The predicted molar refractivity (Wildman–Crippen MR) is 98.6 cm³/mol. The number of fused-ring (bicyclic) bond motifs is 1. The minimum atomic E-state index is -0.141. The Morgan fingerprint density at radius 2 is 2.04 bits per heavy atom. The molecule has 1 aromatic carbocycles. The van der Waals surface area contributed by atoms with Crippen LogP contribution in [0, 0.1) is 0 Å². The molecule has 134 valence electrons. The number of H-pyrrole nitrogens is 1. The number of hydrogen-bond donors (Lipinski definition) is 1. The Kier molecular flexibility index (Phi) is 5.81. The van der Waals surface area contributed by atoms with Crippen LogP contribution in [0.1, 0.15) is 32.0 Å². The Morgan fingerprint density at radius 3 is 2.88 bits per heavy atom. The molecule has 1 amide bonds. The highest BCUT2D eigenvalue weighted by Crippen LogP contribution is 2.09. The third-order valence-electron chi connectivity index (χ3n) is 4.72. The van der Waals surface area contributed by atoms with Crippen LogP contribution in [0.15, 0.2) is 29.1 Å². The van der Waals surface area contributed by atoms with Crippen LogP contribution in [0.5, 0.6) is 0 Å². The molecule has 1 aliphatic heterocycles. The minimum Gasteiger partial charge on any atom is -0.341 e. The van der Waals surface area contributed by atoms with E-state index in [9.17, 15) is 9.59 Å². The molecule has 0 radical (unpaired) electrons. The zero-order valence-electron chi connectivity index (χ0n) is 14.8. The van der Waals surface area contributed by atoms with Gasteiger partial charge < -0.3 is 14.8 Å². The molecule has 0 unspecified atom stereocenters. The lowest BCUT2D eigenvalue weighted by Gasteiger charge is -2.21. The summed E-state index contributed by atoms with van der Waals surface area (Å²) in [5.41, 5.74) is 0.539. The van der Waals surface area contributed by atoms with E-state index in [-0.39, 0.29) is 11.5 Å². The van der Waals surface area contributed by atoms with E-state index >= 15 is 0 Å². The first-order valence-corrected chi connectivity index (χ1v) is 9.15. The van der Waals surface area contributed by atoms with Gasteiger partial charge in [0.2, 0.25) is 5.91 Å². The molecule has 1 saturated heterocycles. The SMILES string of the molecule is CCCN1CCCN(C(=O)CCc2nc3ccccc3c(=O)[nH]2)CC1. The minimum absolute atomic E-state index is 0.141. The molecule has 1 aliphatic rings. The zero-order valence-corrected chi connectivity index (χ0v) is 14.8. The summed E-state index contributed by atoms with van der Waals surface area (Å²) in [6, 6.07) is 7.27. The molecule has 2 aromatic rings. The van der Waals surface area contributed by atoms with Gasteiger partial charge in [0.1, 0.15) is 5.82 Å². The van der Waals surface area contributed by atoms with E-state index in [0.717, 1.165) is 45.6 Å². The van der Waals surface area contributed by atoms with Crippen LogP contribution in [0.2, 0.25) is 0 Å². The number of aryl methyl sites for hydroxylation is 1. The number of para-hydroxylation sites is 1. The highest BCUT2D eigenvalue weighted by Gasteiger charge is 2.18. The van der Waals surface area contributed by atoms with E-state index in [1.165, 1.54) is 0 Å². The Balaban J connectivity index is 1.60. The monoisotopic (exact) mass is 342 g/mol. The summed E-state index contributed by atoms with van der Waals surface area (Å²) in [7, 11) is 0. The van der Waals surface area contributed by atoms with Gasteiger partial charge in [-0.2, -0.15) is 0 Å². The first-order chi connectivity index (χ1) is 12.2. The molecule has 25 heavy (non-hydrogen) atoms. The van der Waals surface area contributed by atoms with Crippen molar-refractivity contribution >= 4 is 16.8 Å². The van der Waals surface area contributed by atoms with Crippen LogP contribution >= 0.6 is 0 Å². The number of hydrogen-bond acceptors (Lipinski definition) is 4. The third kappa shape index (κ3) is 4.45. The maximum absolute atomic E-state index is 12.5. The van der Waals surface area contributed by atoms with Crippen LogP contribution in [0.25, 0.3) is 10.9 Å². The number of carbonyl (C=O) groups excluding carboxylic acids is 1. The number of aromatic nitrogens is 2. The molecule has 0 bridgehead atoms. The highest BCUT2D eigenvalue weighted by molar-refractivity contribution is 5.78. The molecule has 0 saturated carbocycles. The molecule has 2 heterocycles. The normalized spacial score (nSPS) is 16.1. The topological polar surface area (TPSA) is 69.3 Å². The van der Waals surface area contributed by atoms with Gasteiger partial charge in [-0.3, -0.25) is 9.59 Å². The molecule has 1 N–H and O–H groups in total. The Bertz CT molecular complexity index is 786. The summed E-state index contributed by atoms with van der Waals surface area (Å²) in [5, 5.41) is 0.584. The lowest BCUT2D eigenvalue weighted by molar-refractivity contribution is -0.131. The number of rotatable bonds is 5. The van der Waals surface area contributed by atoms with Crippen LogP contribution in [0.4, 0.5) is 0 Å². The van der Waals surface area contributed by atoms with Gasteiger partial charge in [-0.1, -0.05) is 19.1 Å². The van der Waals surface area contributed by atoms with Crippen molar-refractivity contribution in [1.82, 2.24) is 19.8 Å². The maximum Gasteiger partial charge on any atom is 0.258 e. The quantitative estimate of drug-likeness (QED) is 0.900. The molecule has 1 fully saturated rings. The van der Waals surface area contributed by atoms with Crippen LogP contribution in [-0.4, -0.2) is 58.4 Å².